The quantitative estimate of drug-likeness (QED) is 0.757. The van der Waals surface area contributed by atoms with Crippen LogP contribution in [-0.4, -0.2) is 25.4 Å². The molecule has 3 aromatic rings. The summed E-state index contributed by atoms with van der Waals surface area (Å²) >= 11 is 0. The highest BCUT2D eigenvalue weighted by Crippen LogP contribution is 2.17. The van der Waals surface area contributed by atoms with Crippen LogP contribution in [0.3, 0.4) is 0 Å². The molecule has 0 saturated carbocycles. The number of hydrogen-bond donors (Lipinski definition) is 2. The van der Waals surface area contributed by atoms with Gasteiger partial charge in [-0.3, -0.25) is 4.79 Å². The van der Waals surface area contributed by atoms with Crippen LogP contribution < -0.4 is 5.32 Å². The monoisotopic (exact) mass is 323 g/mol. The minimum Gasteiger partial charge on any atom is -0.346 e. The zero-order valence-corrected chi connectivity index (χ0v) is 14.1. The first-order valence-electron chi connectivity index (χ1n) is 7.94. The highest BCUT2D eigenvalue weighted by molar-refractivity contribution is 5.90. The summed E-state index contributed by atoms with van der Waals surface area (Å²) in [6.45, 7) is 5.97. The minimum absolute atomic E-state index is 0.0218. The molecule has 2 aromatic heterocycles. The van der Waals surface area contributed by atoms with Crippen molar-refractivity contribution in [2.75, 3.05) is 5.32 Å². The van der Waals surface area contributed by atoms with Crippen LogP contribution in [0.4, 0.5) is 5.69 Å². The Morgan fingerprint density at radius 1 is 1.17 bits per heavy atom. The normalized spacial score (nSPS) is 10.8. The summed E-state index contributed by atoms with van der Waals surface area (Å²) in [6, 6.07) is 7.75. The maximum Gasteiger partial charge on any atom is 0.224 e. The van der Waals surface area contributed by atoms with Crippen molar-refractivity contribution in [3.8, 4) is 5.69 Å². The molecule has 0 aliphatic rings. The van der Waals surface area contributed by atoms with Crippen molar-refractivity contribution in [3.05, 3.63) is 59.7 Å². The molecule has 3 rings (SSSR count). The number of imidazole rings is 2. The summed E-state index contributed by atoms with van der Waals surface area (Å²) in [7, 11) is 0. The van der Waals surface area contributed by atoms with E-state index in [-0.39, 0.29) is 5.91 Å². The first-order valence-corrected chi connectivity index (χ1v) is 7.94. The molecule has 0 atom stereocenters. The number of carbonyl (C=O) groups is 1. The summed E-state index contributed by atoms with van der Waals surface area (Å²) < 4.78 is 2.03. The maximum atomic E-state index is 12.0. The Morgan fingerprint density at radius 3 is 2.50 bits per heavy atom. The fourth-order valence-electron chi connectivity index (χ4n) is 2.51. The van der Waals surface area contributed by atoms with Crippen molar-refractivity contribution in [1.29, 1.82) is 0 Å². The van der Waals surface area contributed by atoms with Gasteiger partial charge < -0.3 is 14.9 Å². The van der Waals surface area contributed by atoms with Crippen molar-refractivity contribution >= 4 is 11.6 Å². The van der Waals surface area contributed by atoms with Gasteiger partial charge in [0.15, 0.2) is 0 Å². The van der Waals surface area contributed by atoms with Gasteiger partial charge in [-0.2, -0.15) is 0 Å². The third-order valence-electron chi connectivity index (χ3n) is 4.03. The summed E-state index contributed by atoms with van der Waals surface area (Å²) in [6.07, 6.45) is 4.58. The van der Waals surface area contributed by atoms with Gasteiger partial charge in [-0.05, 0) is 45.0 Å². The zero-order valence-electron chi connectivity index (χ0n) is 14.1. The van der Waals surface area contributed by atoms with Gasteiger partial charge in [-0.1, -0.05) is 0 Å². The first kappa shape index (κ1) is 16.0. The third kappa shape index (κ3) is 3.53. The molecule has 1 amide bonds. The molecule has 24 heavy (non-hydrogen) atoms. The number of rotatable bonds is 5. The van der Waals surface area contributed by atoms with E-state index in [9.17, 15) is 4.79 Å². The van der Waals surface area contributed by atoms with Crippen LogP contribution in [0.15, 0.2) is 36.8 Å². The molecule has 0 spiro atoms. The molecular formula is C18H21N5O. The molecule has 0 unspecified atom stereocenters. The number of hydrogen-bond acceptors (Lipinski definition) is 3. The number of nitrogens with one attached hydrogen (secondary N) is 2. The Hall–Kier alpha value is -2.89. The number of H-pyrrole nitrogens is 1. The van der Waals surface area contributed by atoms with E-state index in [1.165, 1.54) is 0 Å². The van der Waals surface area contributed by atoms with Crippen molar-refractivity contribution < 1.29 is 4.79 Å². The molecule has 0 aliphatic heterocycles. The summed E-state index contributed by atoms with van der Waals surface area (Å²) in [5.74, 6) is 0.815. The SMILES string of the molecule is Cc1cnc(CCC(=O)Nc2ccc(-n3cnc(C)c3C)cc2)[nH]1. The number of benzene rings is 1. The molecule has 0 fully saturated rings. The van der Waals surface area contributed by atoms with E-state index < -0.39 is 0 Å². The Labute approximate surface area is 141 Å². The third-order valence-corrected chi connectivity index (χ3v) is 4.03. The van der Waals surface area contributed by atoms with Gasteiger partial charge in [-0.25, -0.2) is 9.97 Å². The molecular weight excluding hydrogens is 302 g/mol. The Morgan fingerprint density at radius 2 is 1.92 bits per heavy atom. The van der Waals surface area contributed by atoms with Gasteiger partial charge in [0.2, 0.25) is 5.91 Å². The van der Waals surface area contributed by atoms with Crippen LogP contribution in [0.1, 0.15) is 29.3 Å². The number of carbonyl (C=O) groups excluding carboxylic acids is 1. The Balaban J connectivity index is 1.59. The minimum atomic E-state index is -0.0218. The van der Waals surface area contributed by atoms with Gasteiger partial charge in [0, 0.05) is 41.8 Å². The lowest BCUT2D eigenvalue weighted by Crippen LogP contribution is -2.12. The lowest BCUT2D eigenvalue weighted by Gasteiger charge is -2.08. The largest absolute Gasteiger partial charge is 0.346 e. The highest BCUT2D eigenvalue weighted by Gasteiger charge is 2.07. The predicted octanol–water partition coefficient (Wildman–Crippen LogP) is 3.09. The maximum absolute atomic E-state index is 12.0. The number of nitrogens with zero attached hydrogens (tertiary/aromatic N) is 3. The van der Waals surface area contributed by atoms with E-state index in [2.05, 4.69) is 20.3 Å². The molecule has 0 saturated heterocycles. The van der Waals surface area contributed by atoms with E-state index in [0.717, 1.165) is 34.3 Å². The highest BCUT2D eigenvalue weighted by atomic mass is 16.1. The van der Waals surface area contributed by atoms with Crippen LogP contribution in [0, 0.1) is 20.8 Å². The van der Waals surface area contributed by atoms with E-state index in [4.69, 9.17) is 0 Å². The van der Waals surface area contributed by atoms with Crippen LogP contribution in [0.5, 0.6) is 0 Å². The molecule has 0 radical (unpaired) electrons. The van der Waals surface area contributed by atoms with Gasteiger partial charge in [0.05, 0.1) is 12.0 Å². The second-order valence-electron chi connectivity index (χ2n) is 5.89. The van der Waals surface area contributed by atoms with Gasteiger partial charge in [0.1, 0.15) is 5.82 Å². The van der Waals surface area contributed by atoms with Crippen LogP contribution >= 0.6 is 0 Å². The van der Waals surface area contributed by atoms with Crippen molar-refractivity contribution in [2.24, 2.45) is 0 Å². The lowest BCUT2D eigenvalue weighted by molar-refractivity contribution is -0.116. The second kappa shape index (κ2) is 6.70. The summed E-state index contributed by atoms with van der Waals surface area (Å²) in [5.41, 5.74) is 4.94. The number of amides is 1. The molecule has 6 heteroatoms. The van der Waals surface area contributed by atoms with E-state index >= 15 is 0 Å². The molecule has 1 aromatic carbocycles. The van der Waals surface area contributed by atoms with Crippen molar-refractivity contribution in [1.82, 2.24) is 19.5 Å². The number of anilines is 1. The molecule has 2 heterocycles. The van der Waals surface area contributed by atoms with E-state index in [1.54, 1.807) is 6.20 Å². The standard InChI is InChI=1S/C18H21N5O/c1-12-10-19-17(21-12)8-9-18(24)22-15-4-6-16(7-5-15)23-11-20-13(2)14(23)3/h4-7,10-11H,8-9H2,1-3H3,(H,19,21)(H,22,24). The smallest absolute Gasteiger partial charge is 0.224 e. The van der Waals surface area contributed by atoms with Gasteiger partial charge in [-0.15, -0.1) is 0 Å². The zero-order chi connectivity index (χ0) is 17.1. The van der Waals surface area contributed by atoms with Crippen LogP contribution in [0.25, 0.3) is 5.69 Å². The average molecular weight is 323 g/mol. The average Bonchev–Trinajstić information content (AvgIpc) is 3.13. The predicted molar refractivity (Wildman–Crippen MR) is 93.3 cm³/mol. The van der Waals surface area contributed by atoms with E-state index in [0.29, 0.717) is 12.8 Å². The van der Waals surface area contributed by atoms with Crippen LogP contribution in [-0.2, 0) is 11.2 Å². The summed E-state index contributed by atoms with van der Waals surface area (Å²) in [5, 5.41) is 2.91. The van der Waals surface area contributed by atoms with Crippen molar-refractivity contribution in [2.45, 2.75) is 33.6 Å². The molecule has 0 aliphatic carbocycles. The molecule has 6 nitrogen and oxygen atoms in total. The van der Waals surface area contributed by atoms with Crippen LogP contribution in [0.2, 0.25) is 0 Å². The Bertz CT molecular complexity index is 845. The Kier molecular flexibility index (Phi) is 4.46. The molecule has 124 valence electrons. The lowest BCUT2D eigenvalue weighted by atomic mass is 10.2. The first-order chi connectivity index (χ1) is 11.5. The summed E-state index contributed by atoms with van der Waals surface area (Å²) in [4.78, 5) is 23.7. The fourth-order valence-corrected chi connectivity index (χ4v) is 2.51. The molecule has 0 bridgehead atoms. The van der Waals surface area contributed by atoms with E-state index in [1.807, 2.05) is 55.9 Å². The second-order valence-corrected chi connectivity index (χ2v) is 5.89. The number of aryl methyl sites for hydroxylation is 3. The number of aromatic nitrogens is 4. The van der Waals surface area contributed by atoms with Crippen molar-refractivity contribution in [3.63, 3.8) is 0 Å². The fraction of sp³-hybridized carbons (Fsp3) is 0.278. The van der Waals surface area contributed by atoms with Gasteiger partial charge >= 0.3 is 0 Å². The topological polar surface area (TPSA) is 75.6 Å². The molecule has 2 N–H and O–H groups in total. The van der Waals surface area contributed by atoms with Gasteiger partial charge in [0.25, 0.3) is 0 Å². The number of aromatic amines is 1.